The Morgan fingerprint density at radius 1 is 1.21 bits per heavy atom. The van der Waals surface area contributed by atoms with Gasteiger partial charge in [-0.2, -0.15) is 0 Å². The molecule has 0 fully saturated rings. The van der Waals surface area contributed by atoms with Crippen molar-refractivity contribution >= 4 is 23.5 Å². The zero-order valence-corrected chi connectivity index (χ0v) is 14.8. The Kier molecular flexibility index (Phi) is 4.60. The number of ether oxygens (including phenoxy) is 2. The Bertz CT molecular complexity index is 957. The molecule has 0 spiro atoms. The van der Waals surface area contributed by atoms with Crippen molar-refractivity contribution in [1.29, 1.82) is 0 Å². The first-order chi connectivity index (χ1) is 13.5. The van der Waals surface area contributed by atoms with Crippen molar-refractivity contribution in [3.8, 4) is 11.5 Å². The van der Waals surface area contributed by atoms with Crippen molar-refractivity contribution in [2.24, 2.45) is 0 Å². The van der Waals surface area contributed by atoms with Gasteiger partial charge < -0.3 is 25.2 Å². The Morgan fingerprint density at radius 3 is 2.86 bits per heavy atom. The monoisotopic (exact) mass is 382 g/mol. The number of aliphatic carboxylic acids is 1. The van der Waals surface area contributed by atoms with Crippen LogP contribution in [0.25, 0.3) is 0 Å². The maximum Gasteiger partial charge on any atom is 0.330 e. The topological polar surface area (TPSA) is 114 Å². The summed E-state index contributed by atoms with van der Waals surface area (Å²) < 4.78 is 11.0. The van der Waals surface area contributed by atoms with E-state index < -0.39 is 29.9 Å². The van der Waals surface area contributed by atoms with Gasteiger partial charge in [-0.05, 0) is 35.4 Å². The lowest BCUT2D eigenvalue weighted by Gasteiger charge is -2.26. The van der Waals surface area contributed by atoms with Crippen molar-refractivity contribution in [3.63, 3.8) is 0 Å². The molecular formula is C20H18N2O6. The van der Waals surface area contributed by atoms with Gasteiger partial charge in [0, 0.05) is 6.42 Å². The lowest BCUT2D eigenvalue weighted by Crippen LogP contribution is -2.42. The van der Waals surface area contributed by atoms with Crippen LogP contribution in [-0.2, 0) is 20.8 Å². The maximum absolute atomic E-state index is 12.4. The van der Waals surface area contributed by atoms with E-state index in [0.29, 0.717) is 30.0 Å². The summed E-state index contributed by atoms with van der Waals surface area (Å²) >= 11 is 0. The van der Waals surface area contributed by atoms with Crippen LogP contribution < -0.4 is 20.1 Å². The number of nitrogens with one attached hydrogen (secondary N) is 2. The highest BCUT2D eigenvalue weighted by molar-refractivity contribution is 6.00. The fourth-order valence-corrected chi connectivity index (χ4v) is 3.29. The molecule has 4 rings (SSSR count). The van der Waals surface area contributed by atoms with Crippen molar-refractivity contribution in [3.05, 3.63) is 53.6 Å². The van der Waals surface area contributed by atoms with Gasteiger partial charge in [0.2, 0.25) is 5.91 Å². The first-order valence-corrected chi connectivity index (χ1v) is 8.85. The summed E-state index contributed by atoms with van der Waals surface area (Å²) in [6.45, 7) is 0.554. The maximum atomic E-state index is 12.4. The molecule has 8 heteroatoms. The number of carboxylic acids is 1. The third-order valence-electron chi connectivity index (χ3n) is 4.68. The molecular weight excluding hydrogens is 364 g/mol. The van der Waals surface area contributed by atoms with E-state index in [0.717, 1.165) is 11.3 Å². The molecule has 0 saturated carbocycles. The molecule has 0 aliphatic carbocycles. The van der Waals surface area contributed by atoms with Gasteiger partial charge >= 0.3 is 5.97 Å². The van der Waals surface area contributed by atoms with Crippen molar-refractivity contribution in [2.75, 3.05) is 11.9 Å². The zero-order valence-electron chi connectivity index (χ0n) is 14.8. The summed E-state index contributed by atoms with van der Waals surface area (Å²) in [5, 5.41) is 14.7. The van der Waals surface area contributed by atoms with Gasteiger partial charge in [0.25, 0.3) is 5.91 Å². The third kappa shape index (κ3) is 3.48. The van der Waals surface area contributed by atoms with Crippen LogP contribution in [0.4, 0.5) is 5.69 Å². The van der Waals surface area contributed by atoms with Gasteiger partial charge in [-0.3, -0.25) is 9.59 Å². The minimum absolute atomic E-state index is 0.294. The van der Waals surface area contributed by atoms with E-state index in [2.05, 4.69) is 10.6 Å². The molecule has 2 atom stereocenters. The van der Waals surface area contributed by atoms with E-state index >= 15 is 0 Å². The van der Waals surface area contributed by atoms with Crippen molar-refractivity contribution < 1.29 is 29.0 Å². The van der Waals surface area contributed by atoms with Crippen LogP contribution in [0.3, 0.4) is 0 Å². The van der Waals surface area contributed by atoms with Crippen LogP contribution in [0.5, 0.6) is 11.5 Å². The van der Waals surface area contributed by atoms with Crippen LogP contribution in [-0.4, -0.2) is 35.6 Å². The first kappa shape index (κ1) is 17.8. The molecule has 2 heterocycles. The van der Waals surface area contributed by atoms with E-state index in [1.165, 1.54) is 0 Å². The van der Waals surface area contributed by atoms with Crippen LogP contribution in [0.1, 0.15) is 23.6 Å². The number of amides is 2. The Hall–Kier alpha value is -3.55. The van der Waals surface area contributed by atoms with Crippen LogP contribution in [0.2, 0.25) is 0 Å². The number of fused-ring (bicyclic) bond motifs is 2. The van der Waals surface area contributed by atoms with Gasteiger partial charge in [0.15, 0.2) is 12.1 Å². The van der Waals surface area contributed by atoms with E-state index in [-0.39, 0.29) is 6.42 Å². The highest BCUT2D eigenvalue weighted by atomic mass is 16.5. The number of hydrogen-bond donors (Lipinski definition) is 3. The van der Waals surface area contributed by atoms with Crippen LogP contribution in [0, 0.1) is 0 Å². The van der Waals surface area contributed by atoms with Crippen LogP contribution in [0.15, 0.2) is 42.5 Å². The summed E-state index contributed by atoms with van der Waals surface area (Å²) in [7, 11) is 0. The summed E-state index contributed by atoms with van der Waals surface area (Å²) in [4.78, 5) is 36.3. The highest BCUT2D eigenvalue weighted by Gasteiger charge is 2.31. The number of carbonyl (C=O) groups is 3. The average molecular weight is 382 g/mol. The summed E-state index contributed by atoms with van der Waals surface area (Å²) in [6.07, 6.45) is -0.630. The van der Waals surface area contributed by atoms with Gasteiger partial charge in [0.1, 0.15) is 11.5 Å². The van der Waals surface area contributed by atoms with E-state index in [9.17, 15) is 19.5 Å². The number of rotatable bonds is 5. The minimum Gasteiger partial charge on any atom is -0.493 e. The number of para-hydroxylation sites is 2. The summed E-state index contributed by atoms with van der Waals surface area (Å²) in [5.41, 5.74) is 1.89. The molecule has 0 saturated heterocycles. The molecule has 0 bridgehead atoms. The molecule has 2 unspecified atom stereocenters. The van der Waals surface area contributed by atoms with Gasteiger partial charge in [0.05, 0.1) is 18.7 Å². The van der Waals surface area contributed by atoms with E-state index in [1.54, 1.807) is 42.5 Å². The molecule has 0 radical (unpaired) electrons. The van der Waals surface area contributed by atoms with Crippen molar-refractivity contribution in [1.82, 2.24) is 5.32 Å². The number of hydrogen-bond acceptors (Lipinski definition) is 5. The fraction of sp³-hybridized carbons (Fsp3) is 0.250. The van der Waals surface area contributed by atoms with E-state index in [1.807, 2.05) is 0 Å². The standard InChI is InChI=1S/C20H18N2O6/c23-17(10-16-19(24)21-13-3-1-2-4-15(13)28-16)22-18(20(25)26)12-5-6-14-11(9-12)7-8-27-14/h1-6,9,16,18H,7-8,10H2,(H,21,24)(H,22,23)(H,25,26). The minimum atomic E-state index is -1.22. The number of carbonyl (C=O) groups excluding carboxylic acids is 2. The number of anilines is 1. The lowest BCUT2D eigenvalue weighted by molar-refractivity contribution is -0.142. The Morgan fingerprint density at radius 2 is 2.04 bits per heavy atom. The second kappa shape index (κ2) is 7.22. The second-order valence-electron chi connectivity index (χ2n) is 6.60. The molecule has 2 aromatic rings. The first-order valence-electron chi connectivity index (χ1n) is 8.85. The molecule has 2 amide bonds. The van der Waals surface area contributed by atoms with Gasteiger partial charge in [-0.1, -0.05) is 18.2 Å². The second-order valence-corrected chi connectivity index (χ2v) is 6.60. The normalized spacial score (nSPS) is 18.0. The van der Waals surface area contributed by atoms with Gasteiger partial charge in [-0.15, -0.1) is 0 Å². The van der Waals surface area contributed by atoms with Crippen LogP contribution >= 0.6 is 0 Å². The Balaban J connectivity index is 1.46. The third-order valence-corrected chi connectivity index (χ3v) is 4.68. The highest BCUT2D eigenvalue weighted by Crippen LogP contribution is 2.30. The molecule has 2 aromatic carbocycles. The zero-order chi connectivity index (χ0) is 19.7. The van der Waals surface area contributed by atoms with Gasteiger partial charge in [-0.25, -0.2) is 4.79 Å². The lowest BCUT2D eigenvalue weighted by atomic mass is 10.0. The molecule has 2 aliphatic heterocycles. The van der Waals surface area contributed by atoms with E-state index in [4.69, 9.17) is 9.47 Å². The molecule has 3 N–H and O–H groups in total. The molecule has 144 valence electrons. The fourth-order valence-electron chi connectivity index (χ4n) is 3.29. The number of benzene rings is 2. The Labute approximate surface area is 160 Å². The predicted molar refractivity (Wildman–Crippen MR) is 98.3 cm³/mol. The molecule has 8 nitrogen and oxygen atoms in total. The number of carboxylic acid groups (broad SMARTS) is 1. The predicted octanol–water partition coefficient (Wildman–Crippen LogP) is 1.65. The largest absolute Gasteiger partial charge is 0.493 e. The summed E-state index contributed by atoms with van der Waals surface area (Å²) in [5.74, 6) is -1.04. The SMILES string of the molecule is O=C(CC1Oc2ccccc2NC1=O)NC(C(=O)O)c1ccc2c(c1)CCO2. The smallest absolute Gasteiger partial charge is 0.330 e. The molecule has 0 aromatic heterocycles. The quantitative estimate of drug-likeness (QED) is 0.725. The average Bonchev–Trinajstić information content (AvgIpc) is 3.14. The molecule has 2 aliphatic rings. The van der Waals surface area contributed by atoms with Crippen molar-refractivity contribution in [2.45, 2.75) is 25.0 Å². The molecule has 28 heavy (non-hydrogen) atoms. The summed E-state index contributed by atoms with van der Waals surface area (Å²) in [6, 6.07) is 10.7.